The summed E-state index contributed by atoms with van der Waals surface area (Å²) in [5.41, 5.74) is 3.80. The van der Waals surface area contributed by atoms with Gasteiger partial charge in [0.25, 0.3) is 0 Å². The predicted molar refractivity (Wildman–Crippen MR) is 175 cm³/mol. The minimum atomic E-state index is -0.499. The van der Waals surface area contributed by atoms with E-state index in [0.717, 1.165) is 43.4 Å². The average Bonchev–Trinajstić information content (AvgIpc) is 2.86. The number of carbonyl (C=O) groups is 1. The number of benzene rings is 2. The summed E-state index contributed by atoms with van der Waals surface area (Å²) < 4.78 is 12.1. The zero-order valence-electron chi connectivity index (χ0n) is 22.3. The molecular weight excluding hydrogens is 828 g/mol. The second kappa shape index (κ2) is 18.5. The summed E-state index contributed by atoms with van der Waals surface area (Å²) in [4.78, 5) is 13.1. The van der Waals surface area contributed by atoms with Crippen LogP contribution in [0.4, 0.5) is 0 Å². The minimum absolute atomic E-state index is 0.0129. The number of hydrogen-bond acceptors (Lipinski definition) is 3. The molecule has 0 spiro atoms. The molecule has 200 valence electrons. The molecule has 1 heterocycles. The number of ether oxygens (including phenoxy) is 2. The summed E-state index contributed by atoms with van der Waals surface area (Å²) in [5, 5.41) is 0. The van der Waals surface area contributed by atoms with Gasteiger partial charge in [0.15, 0.2) is 0 Å². The fraction of sp³-hybridized carbons (Fsp3) is 0.483. The molecule has 2 atom stereocenters. The monoisotopic (exact) mass is 868 g/mol. The Kier molecular flexibility index (Phi) is 17.6. The number of esters is 1. The van der Waals surface area contributed by atoms with Crippen LogP contribution in [-0.4, -0.2) is 18.7 Å². The van der Waals surface area contributed by atoms with E-state index in [2.05, 4.69) is 129 Å². The second-order valence-corrected chi connectivity index (χ2v) is 44.0. The third-order valence-electron chi connectivity index (χ3n) is 6.18. The molecule has 2 aromatic rings. The fourth-order valence-corrected chi connectivity index (χ4v) is 4.68. The first-order chi connectivity index (χ1) is 17.2. The van der Waals surface area contributed by atoms with Gasteiger partial charge in [-0.2, -0.15) is 0 Å². The molecule has 3 nitrogen and oxygen atoms in total. The summed E-state index contributed by atoms with van der Waals surface area (Å²) in [6.45, 7) is 10.3. The molecule has 0 fully saturated rings. The standard InChI is InChI=1S/C27H34O3.C2H6.3HI.V/c1-5-16-27(17-15-21-12-8-7-9-13-21)19-24(29-4)25(26(28)30-27)23(6-2)22-14-10-11-20(3)18-22;1-2;;;;/h7-14,18,23H,5-6,15-17,19H2,1-4H3;1-2H3;3*1H;/q;;;;;+3/p-3/t23?,27-;;;;;/m1...../s1. The number of rotatable bonds is 9. The van der Waals surface area contributed by atoms with Gasteiger partial charge in [0.1, 0.15) is 11.4 Å². The van der Waals surface area contributed by atoms with Gasteiger partial charge in [-0.1, -0.05) is 94.3 Å². The number of hydrogen-bond donors (Lipinski definition) is 0. The fourth-order valence-electron chi connectivity index (χ4n) is 4.68. The van der Waals surface area contributed by atoms with Crippen LogP contribution in [0.15, 0.2) is 65.9 Å². The van der Waals surface area contributed by atoms with Crippen LogP contribution in [0.3, 0.4) is 0 Å². The Morgan fingerprint density at radius 3 is 2.19 bits per heavy atom. The SMILES string of the molecule is CC.CCC[C@@]1(CCc2ccccc2)CC(OC)=C(C(CC)c2cccc(C)c2)C(=O)O1.[I][V]([I])[I]. The van der Waals surface area contributed by atoms with Gasteiger partial charge in [0.2, 0.25) is 0 Å². The summed E-state index contributed by atoms with van der Waals surface area (Å²) in [7, 11) is 1.69. The summed E-state index contributed by atoms with van der Waals surface area (Å²) in [6.07, 6.45) is 4.96. The number of cyclic esters (lactones) is 1. The summed E-state index contributed by atoms with van der Waals surface area (Å²) in [6, 6.07) is 18.8. The Morgan fingerprint density at radius 1 is 1.03 bits per heavy atom. The molecule has 7 heteroatoms. The van der Waals surface area contributed by atoms with Crippen molar-refractivity contribution in [2.45, 2.75) is 84.7 Å². The Bertz CT molecular complexity index is 947. The number of methoxy groups -OCH3 is 1. The predicted octanol–water partition coefficient (Wildman–Crippen LogP) is 10.2. The van der Waals surface area contributed by atoms with Gasteiger partial charge in [0.05, 0.1) is 12.7 Å². The van der Waals surface area contributed by atoms with Gasteiger partial charge in [-0.25, -0.2) is 4.79 Å². The van der Waals surface area contributed by atoms with E-state index in [1.165, 1.54) is 11.1 Å². The van der Waals surface area contributed by atoms with Crippen LogP contribution < -0.4 is 0 Å². The molecule has 0 amide bonds. The molecule has 0 saturated carbocycles. The van der Waals surface area contributed by atoms with Gasteiger partial charge >= 0.3 is 70.8 Å². The van der Waals surface area contributed by atoms with Crippen molar-refractivity contribution in [1.29, 1.82) is 0 Å². The van der Waals surface area contributed by atoms with E-state index in [1.807, 2.05) is 19.9 Å². The van der Waals surface area contributed by atoms with Crippen LogP contribution in [0.5, 0.6) is 0 Å². The van der Waals surface area contributed by atoms with Gasteiger partial charge < -0.3 is 9.47 Å². The molecule has 0 saturated heterocycles. The zero-order chi connectivity index (χ0) is 27.1. The quantitative estimate of drug-likeness (QED) is 0.186. The molecule has 0 radical (unpaired) electrons. The van der Waals surface area contributed by atoms with Gasteiger partial charge in [-0.3, -0.25) is 0 Å². The van der Waals surface area contributed by atoms with Gasteiger partial charge in [-0.15, -0.1) is 0 Å². The van der Waals surface area contributed by atoms with E-state index in [1.54, 1.807) is 7.11 Å². The first kappa shape index (κ1) is 34.3. The normalized spacial score (nSPS) is 17.9. The first-order valence-corrected chi connectivity index (χ1v) is 26.1. The van der Waals surface area contributed by atoms with Crippen LogP contribution in [0.1, 0.15) is 82.4 Å². The average molecular weight is 868 g/mol. The Balaban J connectivity index is 0.000000982. The van der Waals surface area contributed by atoms with Gasteiger partial charge in [-0.05, 0) is 43.7 Å². The molecule has 0 bridgehead atoms. The first-order valence-electron chi connectivity index (χ1n) is 12.6. The molecule has 36 heavy (non-hydrogen) atoms. The van der Waals surface area contributed by atoms with E-state index in [0.29, 0.717) is 12.0 Å². The Labute approximate surface area is 256 Å². The van der Waals surface area contributed by atoms with E-state index in [9.17, 15) is 4.79 Å². The summed E-state index contributed by atoms with van der Waals surface area (Å²) >= 11 is 7.39. The van der Waals surface area contributed by atoms with E-state index >= 15 is 0 Å². The van der Waals surface area contributed by atoms with Crippen molar-refractivity contribution < 1.29 is 19.2 Å². The van der Waals surface area contributed by atoms with Crippen molar-refractivity contribution in [1.82, 2.24) is 0 Å². The maximum atomic E-state index is 13.4. The van der Waals surface area contributed by atoms with E-state index in [4.69, 9.17) is 9.47 Å². The van der Waals surface area contributed by atoms with Crippen LogP contribution in [0.2, 0.25) is 0 Å². The molecule has 2 aromatic carbocycles. The van der Waals surface area contributed by atoms with Crippen LogP contribution in [0.25, 0.3) is 0 Å². The van der Waals surface area contributed by atoms with Crippen molar-refractivity contribution in [2.75, 3.05) is 7.11 Å². The maximum absolute atomic E-state index is 13.4. The van der Waals surface area contributed by atoms with E-state index in [-0.39, 0.29) is 16.8 Å². The van der Waals surface area contributed by atoms with Crippen molar-refractivity contribution in [2.24, 2.45) is 0 Å². The molecule has 1 aliphatic rings. The van der Waals surface area contributed by atoms with Crippen molar-refractivity contribution in [3.63, 3.8) is 0 Å². The van der Waals surface area contributed by atoms with Crippen LogP contribution in [0, 0.1) is 6.92 Å². The summed E-state index contributed by atoms with van der Waals surface area (Å²) in [5.74, 6) is 0.565. The molecular formula is C29H40I3O3V. The Morgan fingerprint density at radius 2 is 1.67 bits per heavy atom. The molecule has 1 aliphatic heterocycles. The van der Waals surface area contributed by atoms with Crippen LogP contribution in [-0.2, 0) is 25.6 Å². The number of carbonyl (C=O) groups excluding carboxylic acids is 1. The van der Waals surface area contributed by atoms with Crippen LogP contribution >= 0.6 is 59.9 Å². The molecule has 1 unspecified atom stereocenters. The third kappa shape index (κ3) is 11.1. The van der Waals surface area contributed by atoms with E-state index < -0.39 is 5.60 Å². The molecule has 3 rings (SSSR count). The van der Waals surface area contributed by atoms with Crippen molar-refractivity contribution in [3.8, 4) is 0 Å². The second-order valence-electron chi connectivity index (χ2n) is 8.59. The number of halogens is 3. The topological polar surface area (TPSA) is 35.5 Å². The zero-order valence-corrected chi connectivity index (χ0v) is 30.2. The molecule has 0 aromatic heterocycles. The number of aryl methyl sites for hydroxylation is 2. The van der Waals surface area contributed by atoms with Crippen molar-refractivity contribution in [3.05, 3.63) is 82.6 Å². The van der Waals surface area contributed by atoms with Crippen molar-refractivity contribution >= 4 is 65.9 Å². The molecule has 0 aliphatic carbocycles. The third-order valence-corrected chi connectivity index (χ3v) is 6.18. The Hall–Kier alpha value is 0.224. The molecule has 0 N–H and O–H groups in total. The van der Waals surface area contributed by atoms with Gasteiger partial charge in [0, 0.05) is 12.3 Å².